The molecule has 1 aliphatic rings. The normalized spacial score (nSPS) is 13.2. The van der Waals surface area contributed by atoms with Crippen LogP contribution in [0.2, 0.25) is 0 Å². The molecule has 25 heavy (non-hydrogen) atoms. The number of anilines is 2. The summed E-state index contributed by atoms with van der Waals surface area (Å²) in [6.45, 7) is -0.122. The summed E-state index contributed by atoms with van der Waals surface area (Å²) in [6, 6.07) is 13.1. The first-order valence-electron chi connectivity index (χ1n) is 7.67. The van der Waals surface area contributed by atoms with Crippen LogP contribution in [0.3, 0.4) is 0 Å². The van der Waals surface area contributed by atoms with E-state index in [1.165, 1.54) is 10.5 Å². The van der Waals surface area contributed by atoms with Crippen LogP contribution in [-0.4, -0.2) is 31.2 Å². The Balaban J connectivity index is 1.69. The molecule has 0 saturated carbocycles. The van der Waals surface area contributed by atoms with Crippen LogP contribution in [0.4, 0.5) is 11.4 Å². The largest absolute Gasteiger partial charge is 0.482 e. The number of hydrogen-bond donors (Lipinski definition) is 1. The molecule has 0 saturated heterocycles. The molecule has 0 spiro atoms. The fourth-order valence-electron chi connectivity index (χ4n) is 2.55. The fourth-order valence-corrected chi connectivity index (χ4v) is 3.41. The molecule has 2 aromatic carbocycles. The molecule has 1 heterocycles. The first-order valence-corrected chi connectivity index (χ1v) is 9.86. The standard InChI is InChI=1S/C18H17BrN2O3S/c1-25-11-12-2-5-14(6-3-12)20-17(22)9-21-15-7-4-13(19)8-16(15)24-10-18(21)23/h2-8H,9-11H2,1H3,(H,20,22). The summed E-state index contributed by atoms with van der Waals surface area (Å²) in [4.78, 5) is 26.0. The van der Waals surface area contributed by atoms with Crippen molar-refractivity contribution in [2.45, 2.75) is 5.75 Å². The highest BCUT2D eigenvalue weighted by Crippen LogP contribution is 2.34. The summed E-state index contributed by atoms with van der Waals surface area (Å²) in [7, 11) is 0. The maximum Gasteiger partial charge on any atom is 0.265 e. The van der Waals surface area contributed by atoms with E-state index in [1.54, 1.807) is 23.9 Å². The van der Waals surface area contributed by atoms with Crippen molar-refractivity contribution in [1.29, 1.82) is 0 Å². The van der Waals surface area contributed by atoms with Gasteiger partial charge in [-0.05, 0) is 42.2 Å². The number of fused-ring (bicyclic) bond motifs is 1. The number of halogens is 1. The summed E-state index contributed by atoms with van der Waals surface area (Å²) < 4.78 is 6.28. The molecule has 1 aliphatic heterocycles. The van der Waals surface area contributed by atoms with Crippen LogP contribution in [0, 0.1) is 0 Å². The minimum absolute atomic E-state index is 0.0522. The number of hydrogen-bond acceptors (Lipinski definition) is 4. The molecule has 130 valence electrons. The zero-order chi connectivity index (χ0) is 17.8. The van der Waals surface area contributed by atoms with Gasteiger partial charge in [-0.2, -0.15) is 11.8 Å². The lowest BCUT2D eigenvalue weighted by Gasteiger charge is -2.29. The van der Waals surface area contributed by atoms with Crippen LogP contribution in [-0.2, 0) is 15.3 Å². The van der Waals surface area contributed by atoms with Crippen molar-refractivity contribution in [3.8, 4) is 5.75 Å². The first kappa shape index (κ1) is 17.8. The molecular weight excluding hydrogens is 404 g/mol. The van der Waals surface area contributed by atoms with E-state index < -0.39 is 0 Å². The van der Waals surface area contributed by atoms with E-state index in [9.17, 15) is 9.59 Å². The Labute approximate surface area is 158 Å². The van der Waals surface area contributed by atoms with Gasteiger partial charge < -0.3 is 10.1 Å². The highest BCUT2D eigenvalue weighted by Gasteiger charge is 2.27. The molecule has 3 rings (SSSR count). The predicted octanol–water partition coefficient (Wildman–Crippen LogP) is 3.68. The van der Waals surface area contributed by atoms with Crippen molar-refractivity contribution < 1.29 is 14.3 Å². The predicted molar refractivity (Wildman–Crippen MR) is 104 cm³/mol. The second-order valence-electron chi connectivity index (χ2n) is 5.56. The summed E-state index contributed by atoms with van der Waals surface area (Å²) in [5.41, 5.74) is 2.52. The second kappa shape index (κ2) is 7.93. The smallest absolute Gasteiger partial charge is 0.265 e. The van der Waals surface area contributed by atoms with E-state index in [1.807, 2.05) is 36.6 Å². The van der Waals surface area contributed by atoms with Crippen molar-refractivity contribution in [3.05, 3.63) is 52.5 Å². The van der Waals surface area contributed by atoms with Crippen molar-refractivity contribution >= 4 is 50.9 Å². The Morgan fingerprint density at radius 1 is 1.28 bits per heavy atom. The molecule has 1 N–H and O–H groups in total. The third-order valence-corrected chi connectivity index (χ3v) is 4.83. The van der Waals surface area contributed by atoms with Crippen molar-refractivity contribution in [2.24, 2.45) is 0 Å². The minimum atomic E-state index is -0.248. The molecular formula is C18H17BrN2O3S. The monoisotopic (exact) mass is 420 g/mol. The topological polar surface area (TPSA) is 58.6 Å². The van der Waals surface area contributed by atoms with Crippen LogP contribution in [0.25, 0.3) is 0 Å². The number of nitrogens with zero attached hydrogens (tertiary/aromatic N) is 1. The summed E-state index contributed by atoms with van der Waals surface area (Å²) >= 11 is 5.12. The van der Waals surface area contributed by atoms with E-state index in [0.29, 0.717) is 17.1 Å². The molecule has 0 bridgehead atoms. The number of ether oxygens (including phenoxy) is 1. The van der Waals surface area contributed by atoms with E-state index in [4.69, 9.17) is 4.74 Å². The maximum absolute atomic E-state index is 12.4. The van der Waals surface area contributed by atoms with Crippen molar-refractivity contribution in [2.75, 3.05) is 29.6 Å². The molecule has 2 amide bonds. The molecule has 0 aromatic heterocycles. The number of rotatable bonds is 5. The number of benzene rings is 2. The van der Waals surface area contributed by atoms with Crippen molar-refractivity contribution in [1.82, 2.24) is 0 Å². The van der Waals surface area contributed by atoms with Gasteiger partial charge in [-0.15, -0.1) is 0 Å². The molecule has 0 unspecified atom stereocenters. The average molecular weight is 421 g/mol. The molecule has 0 radical (unpaired) electrons. The lowest BCUT2D eigenvalue weighted by atomic mass is 10.2. The summed E-state index contributed by atoms with van der Waals surface area (Å²) in [5, 5.41) is 2.83. The number of thioether (sulfide) groups is 1. The van der Waals surface area contributed by atoms with Crippen LogP contribution in [0.1, 0.15) is 5.56 Å². The Morgan fingerprint density at radius 2 is 2.04 bits per heavy atom. The van der Waals surface area contributed by atoms with Crippen LogP contribution < -0.4 is 15.0 Å². The van der Waals surface area contributed by atoms with Gasteiger partial charge in [-0.1, -0.05) is 28.1 Å². The van der Waals surface area contributed by atoms with Crippen LogP contribution in [0.5, 0.6) is 5.75 Å². The van der Waals surface area contributed by atoms with Gasteiger partial charge in [-0.25, -0.2) is 0 Å². The zero-order valence-corrected chi connectivity index (χ0v) is 16.0. The molecule has 2 aromatic rings. The SMILES string of the molecule is CSCc1ccc(NC(=O)CN2C(=O)COc3cc(Br)ccc32)cc1. The van der Waals surface area contributed by atoms with E-state index in [2.05, 4.69) is 21.2 Å². The number of amides is 2. The second-order valence-corrected chi connectivity index (χ2v) is 7.34. The third-order valence-electron chi connectivity index (χ3n) is 3.72. The lowest BCUT2D eigenvalue weighted by molar-refractivity contribution is -0.123. The Bertz CT molecular complexity index is 795. The van der Waals surface area contributed by atoms with Gasteiger partial charge in [-0.3, -0.25) is 14.5 Å². The van der Waals surface area contributed by atoms with Crippen LogP contribution in [0.15, 0.2) is 46.9 Å². The quantitative estimate of drug-likeness (QED) is 0.801. The van der Waals surface area contributed by atoms with Gasteiger partial charge in [0, 0.05) is 15.9 Å². The molecule has 7 heteroatoms. The highest BCUT2D eigenvalue weighted by molar-refractivity contribution is 9.10. The Kier molecular flexibility index (Phi) is 5.65. The van der Waals surface area contributed by atoms with E-state index in [0.717, 1.165) is 10.2 Å². The van der Waals surface area contributed by atoms with E-state index >= 15 is 0 Å². The average Bonchev–Trinajstić information content (AvgIpc) is 2.59. The van der Waals surface area contributed by atoms with Gasteiger partial charge in [0.1, 0.15) is 12.3 Å². The molecule has 5 nitrogen and oxygen atoms in total. The van der Waals surface area contributed by atoms with Gasteiger partial charge in [0.25, 0.3) is 5.91 Å². The van der Waals surface area contributed by atoms with Crippen molar-refractivity contribution in [3.63, 3.8) is 0 Å². The first-order chi connectivity index (χ1) is 12.1. The number of nitrogens with one attached hydrogen (secondary N) is 1. The minimum Gasteiger partial charge on any atom is -0.482 e. The summed E-state index contributed by atoms with van der Waals surface area (Å²) in [5.74, 6) is 1.04. The maximum atomic E-state index is 12.4. The molecule has 0 atom stereocenters. The summed E-state index contributed by atoms with van der Waals surface area (Å²) in [6.07, 6.45) is 2.05. The fraction of sp³-hybridized carbons (Fsp3) is 0.222. The highest BCUT2D eigenvalue weighted by atomic mass is 79.9. The van der Waals surface area contributed by atoms with Gasteiger partial charge in [0.05, 0.1) is 5.69 Å². The van der Waals surface area contributed by atoms with Gasteiger partial charge >= 0.3 is 0 Å². The van der Waals surface area contributed by atoms with Crippen LogP contribution >= 0.6 is 27.7 Å². The third kappa shape index (κ3) is 4.35. The molecule has 0 aliphatic carbocycles. The van der Waals surface area contributed by atoms with E-state index in [-0.39, 0.29) is 25.0 Å². The van der Waals surface area contributed by atoms with Gasteiger partial charge in [0.2, 0.25) is 5.91 Å². The lowest BCUT2D eigenvalue weighted by Crippen LogP contribution is -2.43. The number of carbonyl (C=O) groups excluding carboxylic acids is 2. The zero-order valence-electron chi connectivity index (χ0n) is 13.6. The number of carbonyl (C=O) groups is 2. The Hall–Kier alpha value is -1.99. The van der Waals surface area contributed by atoms with Gasteiger partial charge in [0.15, 0.2) is 6.61 Å². The molecule has 0 fully saturated rings. The Morgan fingerprint density at radius 3 is 2.76 bits per heavy atom.